The minimum Gasteiger partial charge on any atom is -0.306 e. The van der Waals surface area contributed by atoms with Gasteiger partial charge in [0, 0.05) is 24.2 Å². The molecule has 2 atom stereocenters. The van der Waals surface area contributed by atoms with Crippen molar-refractivity contribution in [3.63, 3.8) is 0 Å². The lowest BCUT2D eigenvalue weighted by Gasteiger charge is -2.46. The largest absolute Gasteiger partial charge is 0.306 e. The van der Waals surface area contributed by atoms with Crippen LogP contribution in [0, 0.1) is 24.5 Å². The second kappa shape index (κ2) is 5.41. The summed E-state index contributed by atoms with van der Waals surface area (Å²) in [6, 6.07) is 2.87. The predicted octanol–water partition coefficient (Wildman–Crippen LogP) is 3.02. The van der Waals surface area contributed by atoms with Crippen LogP contribution >= 0.6 is 0 Å². The summed E-state index contributed by atoms with van der Waals surface area (Å²) in [5, 5.41) is 3.51. The number of piperidine rings is 3. The van der Waals surface area contributed by atoms with E-state index >= 15 is 0 Å². The van der Waals surface area contributed by atoms with Gasteiger partial charge in [0.2, 0.25) is 0 Å². The van der Waals surface area contributed by atoms with Crippen LogP contribution in [0.15, 0.2) is 12.1 Å². The maximum atomic E-state index is 14.0. The Morgan fingerprint density at radius 3 is 2.50 bits per heavy atom. The van der Waals surface area contributed by atoms with E-state index in [1.807, 2.05) is 6.92 Å². The number of fused-ring (bicyclic) bond motifs is 3. The Labute approximate surface area is 119 Å². The summed E-state index contributed by atoms with van der Waals surface area (Å²) in [6.07, 6.45) is 2.43. The van der Waals surface area contributed by atoms with Crippen molar-refractivity contribution < 1.29 is 8.78 Å². The highest BCUT2D eigenvalue weighted by Gasteiger charge is 2.34. The third-order valence-corrected chi connectivity index (χ3v) is 4.86. The molecule has 3 saturated heterocycles. The number of aryl methyl sites for hydroxylation is 1. The predicted molar refractivity (Wildman–Crippen MR) is 75.6 cm³/mol. The van der Waals surface area contributed by atoms with Crippen molar-refractivity contribution >= 4 is 0 Å². The molecule has 3 aliphatic rings. The Morgan fingerprint density at radius 2 is 1.90 bits per heavy atom. The molecule has 1 aromatic rings. The van der Waals surface area contributed by atoms with Gasteiger partial charge >= 0.3 is 0 Å². The van der Waals surface area contributed by atoms with Gasteiger partial charge in [0.25, 0.3) is 0 Å². The summed E-state index contributed by atoms with van der Waals surface area (Å²) in [4.78, 5) is 2.45. The van der Waals surface area contributed by atoms with Gasteiger partial charge in [-0.2, -0.15) is 0 Å². The number of hydrogen-bond acceptors (Lipinski definition) is 2. The summed E-state index contributed by atoms with van der Waals surface area (Å²) >= 11 is 0. The topological polar surface area (TPSA) is 15.3 Å². The van der Waals surface area contributed by atoms with Crippen molar-refractivity contribution in [1.82, 2.24) is 10.2 Å². The van der Waals surface area contributed by atoms with Crippen molar-refractivity contribution in [1.29, 1.82) is 0 Å². The number of halogens is 2. The van der Waals surface area contributed by atoms with E-state index in [2.05, 4.69) is 10.2 Å². The molecule has 0 radical (unpaired) electrons. The molecule has 0 saturated carbocycles. The minimum atomic E-state index is -0.330. The van der Waals surface area contributed by atoms with Gasteiger partial charge in [0.05, 0.1) is 0 Å². The lowest BCUT2D eigenvalue weighted by molar-refractivity contribution is 0.0678. The molecule has 1 aromatic carbocycles. The number of nitrogens with zero attached hydrogens (tertiary/aromatic N) is 1. The Morgan fingerprint density at radius 1 is 1.20 bits per heavy atom. The Balaban J connectivity index is 1.73. The molecule has 0 spiro atoms. The molecule has 3 aliphatic heterocycles. The van der Waals surface area contributed by atoms with Crippen LogP contribution in [0.2, 0.25) is 0 Å². The molecule has 4 heteroatoms. The highest BCUT2D eigenvalue weighted by Crippen LogP contribution is 2.30. The van der Waals surface area contributed by atoms with Crippen molar-refractivity contribution in [2.45, 2.75) is 38.8 Å². The van der Waals surface area contributed by atoms with Crippen LogP contribution in [-0.4, -0.2) is 30.6 Å². The first-order chi connectivity index (χ1) is 9.54. The smallest absolute Gasteiger partial charge is 0.128 e. The zero-order chi connectivity index (χ0) is 14.3. The summed E-state index contributed by atoms with van der Waals surface area (Å²) in [7, 11) is 0. The van der Waals surface area contributed by atoms with Gasteiger partial charge in [0.15, 0.2) is 0 Å². The SMILES string of the molecule is Cc1cc(F)c(C(C)NC2CN3CCC2CC3)cc1F. The van der Waals surface area contributed by atoms with Gasteiger partial charge < -0.3 is 10.2 Å². The monoisotopic (exact) mass is 280 g/mol. The Kier molecular flexibility index (Phi) is 3.78. The molecule has 4 rings (SSSR count). The fourth-order valence-electron chi connectivity index (χ4n) is 3.56. The number of rotatable bonds is 3. The van der Waals surface area contributed by atoms with Crippen LogP contribution in [0.5, 0.6) is 0 Å². The van der Waals surface area contributed by atoms with Crippen molar-refractivity contribution in [3.05, 3.63) is 34.9 Å². The lowest BCUT2D eigenvalue weighted by atomic mass is 9.83. The van der Waals surface area contributed by atoms with E-state index < -0.39 is 0 Å². The van der Waals surface area contributed by atoms with Crippen LogP contribution in [0.4, 0.5) is 8.78 Å². The van der Waals surface area contributed by atoms with Crippen molar-refractivity contribution in [2.75, 3.05) is 19.6 Å². The van der Waals surface area contributed by atoms with E-state index in [-0.39, 0.29) is 17.7 Å². The van der Waals surface area contributed by atoms with Crippen LogP contribution in [-0.2, 0) is 0 Å². The standard InChI is InChI=1S/C16H22F2N2/c1-10-7-15(18)13(8-14(10)17)11(2)19-16-9-20-5-3-12(16)4-6-20/h7-8,11-12,16,19H,3-6,9H2,1-2H3. The number of hydrogen-bond donors (Lipinski definition) is 1. The fraction of sp³-hybridized carbons (Fsp3) is 0.625. The van der Waals surface area contributed by atoms with Gasteiger partial charge in [-0.1, -0.05) is 0 Å². The maximum Gasteiger partial charge on any atom is 0.128 e. The summed E-state index contributed by atoms with van der Waals surface area (Å²) in [5.41, 5.74) is 0.797. The van der Waals surface area contributed by atoms with Gasteiger partial charge in [-0.05, 0) is 63.4 Å². The van der Waals surface area contributed by atoms with E-state index in [1.54, 1.807) is 6.92 Å². The fourth-order valence-corrected chi connectivity index (χ4v) is 3.56. The molecule has 2 bridgehead atoms. The molecule has 2 nitrogen and oxygen atoms in total. The van der Waals surface area contributed by atoms with Gasteiger partial charge in [-0.15, -0.1) is 0 Å². The van der Waals surface area contributed by atoms with Crippen molar-refractivity contribution in [2.24, 2.45) is 5.92 Å². The zero-order valence-electron chi connectivity index (χ0n) is 12.1. The molecule has 3 heterocycles. The second-order valence-corrected chi connectivity index (χ2v) is 6.26. The van der Waals surface area contributed by atoms with Gasteiger partial charge in [-0.3, -0.25) is 0 Å². The summed E-state index contributed by atoms with van der Waals surface area (Å²) < 4.78 is 27.7. The molecular weight excluding hydrogens is 258 g/mol. The van der Waals surface area contributed by atoms with Crippen LogP contribution in [0.25, 0.3) is 0 Å². The molecule has 110 valence electrons. The molecular formula is C16H22F2N2. The zero-order valence-corrected chi connectivity index (χ0v) is 12.1. The third-order valence-electron chi connectivity index (χ3n) is 4.86. The third kappa shape index (κ3) is 2.59. The quantitative estimate of drug-likeness (QED) is 0.915. The minimum absolute atomic E-state index is 0.157. The van der Waals surface area contributed by atoms with Gasteiger partial charge in [0.1, 0.15) is 11.6 Å². The first-order valence-electron chi connectivity index (χ1n) is 7.48. The molecule has 20 heavy (non-hydrogen) atoms. The van der Waals surface area contributed by atoms with E-state index in [1.165, 1.54) is 38.1 Å². The highest BCUT2D eigenvalue weighted by molar-refractivity contribution is 5.27. The lowest BCUT2D eigenvalue weighted by Crippen LogP contribution is -2.56. The molecule has 0 aliphatic carbocycles. The molecule has 3 fully saturated rings. The molecule has 0 aromatic heterocycles. The summed E-state index contributed by atoms with van der Waals surface area (Å²) in [6.45, 7) is 6.92. The van der Waals surface area contributed by atoms with Crippen LogP contribution < -0.4 is 5.32 Å². The van der Waals surface area contributed by atoms with E-state index in [4.69, 9.17) is 0 Å². The molecule has 0 amide bonds. The molecule has 2 unspecified atom stereocenters. The summed E-state index contributed by atoms with van der Waals surface area (Å²) in [5.74, 6) is 0.0370. The Hall–Kier alpha value is -1.00. The van der Waals surface area contributed by atoms with E-state index in [0.717, 1.165) is 6.54 Å². The van der Waals surface area contributed by atoms with E-state index in [9.17, 15) is 8.78 Å². The van der Waals surface area contributed by atoms with Gasteiger partial charge in [-0.25, -0.2) is 8.78 Å². The van der Waals surface area contributed by atoms with E-state index in [0.29, 0.717) is 23.1 Å². The average molecular weight is 280 g/mol. The van der Waals surface area contributed by atoms with Crippen LogP contribution in [0.3, 0.4) is 0 Å². The van der Waals surface area contributed by atoms with Crippen LogP contribution in [0.1, 0.15) is 36.9 Å². The van der Waals surface area contributed by atoms with Crippen molar-refractivity contribution in [3.8, 4) is 0 Å². The normalized spacial score (nSPS) is 30.5. The first kappa shape index (κ1) is 14.0. The second-order valence-electron chi connectivity index (χ2n) is 6.26. The number of nitrogens with one attached hydrogen (secondary N) is 1. The number of benzene rings is 1. The maximum absolute atomic E-state index is 14.0. The highest BCUT2D eigenvalue weighted by atomic mass is 19.1. The average Bonchev–Trinajstić information content (AvgIpc) is 2.44. The molecule has 1 N–H and O–H groups in total. The first-order valence-corrected chi connectivity index (χ1v) is 7.48. The Bertz CT molecular complexity index is 495.